The van der Waals surface area contributed by atoms with Gasteiger partial charge in [-0.2, -0.15) is 5.10 Å². The van der Waals surface area contributed by atoms with Crippen molar-refractivity contribution in [3.8, 4) is 0 Å². The van der Waals surface area contributed by atoms with Crippen molar-refractivity contribution in [3.63, 3.8) is 0 Å². The number of tetrazole rings is 1. The molecule has 0 fully saturated rings. The molecule has 2 rings (SSSR count). The van der Waals surface area contributed by atoms with Gasteiger partial charge in [0.2, 0.25) is 5.16 Å². The molecule has 0 spiro atoms. The number of hydrogen-bond acceptors (Lipinski definition) is 7. The normalized spacial score (nSPS) is 11.1. The van der Waals surface area contributed by atoms with Crippen molar-refractivity contribution in [2.24, 2.45) is 0 Å². The lowest BCUT2D eigenvalue weighted by molar-refractivity contribution is 0.517. The third kappa shape index (κ3) is 4.01. The summed E-state index contributed by atoms with van der Waals surface area (Å²) in [5.74, 6) is 1.68. The van der Waals surface area contributed by atoms with E-state index in [1.54, 1.807) is 18.1 Å². The number of hydrogen-bond donors (Lipinski definition) is 1. The molecule has 2 heterocycles. The van der Waals surface area contributed by atoms with Gasteiger partial charge in [-0.25, -0.2) is 14.3 Å². The molecule has 8 nitrogen and oxygen atoms in total. The highest BCUT2D eigenvalue weighted by Crippen LogP contribution is 2.18. The second kappa shape index (κ2) is 7.95. The van der Waals surface area contributed by atoms with Crippen LogP contribution in [0.4, 0.5) is 0 Å². The first kappa shape index (κ1) is 14.9. The van der Waals surface area contributed by atoms with E-state index in [4.69, 9.17) is 0 Å². The van der Waals surface area contributed by atoms with Crippen LogP contribution in [0.25, 0.3) is 0 Å². The molecule has 0 aliphatic heterocycles. The van der Waals surface area contributed by atoms with Crippen LogP contribution in [0.1, 0.15) is 26.1 Å². The summed E-state index contributed by atoms with van der Waals surface area (Å²) in [5.41, 5.74) is 0. The van der Waals surface area contributed by atoms with Gasteiger partial charge in [0.15, 0.2) is 0 Å². The van der Waals surface area contributed by atoms with Gasteiger partial charge in [0.25, 0.3) is 0 Å². The van der Waals surface area contributed by atoms with E-state index in [9.17, 15) is 0 Å². The molecule has 0 bridgehead atoms. The molecule has 0 radical (unpaired) electrons. The minimum absolute atomic E-state index is 0.724. The first-order chi connectivity index (χ1) is 9.85. The summed E-state index contributed by atoms with van der Waals surface area (Å²) in [5, 5.41) is 20.1. The van der Waals surface area contributed by atoms with Crippen LogP contribution in [0, 0.1) is 0 Å². The van der Waals surface area contributed by atoms with Gasteiger partial charge in [-0.15, -0.1) is 5.10 Å². The van der Waals surface area contributed by atoms with Crippen molar-refractivity contribution < 1.29 is 0 Å². The third-order valence-corrected chi connectivity index (χ3v) is 3.66. The Morgan fingerprint density at radius 1 is 1.25 bits per heavy atom. The topological polar surface area (TPSA) is 86.3 Å². The van der Waals surface area contributed by atoms with E-state index in [2.05, 4.69) is 44.8 Å². The van der Waals surface area contributed by atoms with E-state index in [1.165, 1.54) is 0 Å². The van der Waals surface area contributed by atoms with Gasteiger partial charge >= 0.3 is 0 Å². The van der Waals surface area contributed by atoms with Gasteiger partial charge < -0.3 is 5.32 Å². The lowest BCUT2D eigenvalue weighted by atomic mass is 10.5. The Bertz CT molecular complexity index is 508. The second-order valence-corrected chi connectivity index (χ2v) is 5.17. The zero-order valence-corrected chi connectivity index (χ0v) is 12.7. The number of aryl methyl sites for hydroxylation is 1. The summed E-state index contributed by atoms with van der Waals surface area (Å²) < 4.78 is 3.74. The maximum atomic E-state index is 4.28. The maximum Gasteiger partial charge on any atom is 0.209 e. The molecule has 1 N–H and O–H groups in total. The molecule has 2 aromatic rings. The molecule has 0 unspecified atom stereocenters. The Kier molecular flexibility index (Phi) is 5.93. The van der Waals surface area contributed by atoms with Crippen LogP contribution in [0.5, 0.6) is 0 Å². The summed E-state index contributed by atoms with van der Waals surface area (Å²) in [6, 6.07) is 0. The van der Waals surface area contributed by atoms with Crippen LogP contribution >= 0.6 is 11.8 Å². The molecule has 9 heteroatoms. The molecular weight excluding hydrogens is 276 g/mol. The monoisotopic (exact) mass is 296 g/mol. The smallest absolute Gasteiger partial charge is 0.209 e. The quantitative estimate of drug-likeness (QED) is 0.535. The van der Waals surface area contributed by atoms with Crippen molar-refractivity contribution in [2.45, 2.75) is 44.3 Å². The Balaban J connectivity index is 1.90. The van der Waals surface area contributed by atoms with Crippen molar-refractivity contribution in [3.05, 3.63) is 12.2 Å². The third-order valence-electron chi connectivity index (χ3n) is 2.71. The standard InChI is InChI=1S/C11H20N8S/c1-3-6-18-10(13-9-14-18)8-20-11-15-16-17-19(11)7-5-12-4-2/h9,12H,3-8H2,1-2H3. The first-order valence-electron chi connectivity index (χ1n) is 6.81. The number of nitrogens with zero attached hydrogens (tertiary/aromatic N) is 7. The van der Waals surface area contributed by atoms with Gasteiger partial charge in [0.1, 0.15) is 12.2 Å². The van der Waals surface area contributed by atoms with Gasteiger partial charge in [-0.3, -0.25) is 0 Å². The van der Waals surface area contributed by atoms with Gasteiger partial charge in [-0.1, -0.05) is 25.6 Å². The number of aromatic nitrogens is 7. The van der Waals surface area contributed by atoms with Crippen LogP contribution in [0.3, 0.4) is 0 Å². The number of thioether (sulfide) groups is 1. The van der Waals surface area contributed by atoms with E-state index in [-0.39, 0.29) is 0 Å². The molecule has 20 heavy (non-hydrogen) atoms. The lowest BCUT2D eigenvalue weighted by Gasteiger charge is -2.05. The molecular formula is C11H20N8S. The Morgan fingerprint density at radius 3 is 2.95 bits per heavy atom. The highest BCUT2D eigenvalue weighted by molar-refractivity contribution is 7.98. The largest absolute Gasteiger partial charge is 0.315 e. The number of nitrogens with one attached hydrogen (secondary N) is 1. The van der Waals surface area contributed by atoms with E-state index < -0.39 is 0 Å². The Labute approximate surface area is 122 Å². The van der Waals surface area contributed by atoms with Crippen molar-refractivity contribution in [2.75, 3.05) is 13.1 Å². The van der Waals surface area contributed by atoms with E-state index in [1.807, 2.05) is 9.36 Å². The Morgan fingerprint density at radius 2 is 2.15 bits per heavy atom. The zero-order valence-electron chi connectivity index (χ0n) is 11.9. The maximum absolute atomic E-state index is 4.28. The average Bonchev–Trinajstić information content (AvgIpc) is 3.07. The SMILES string of the molecule is CCCn1ncnc1CSc1nnnn1CCNCC. The second-order valence-electron chi connectivity index (χ2n) is 4.23. The highest BCUT2D eigenvalue weighted by atomic mass is 32.2. The predicted octanol–water partition coefficient (Wildman–Crippen LogP) is 0.576. The fourth-order valence-electron chi connectivity index (χ4n) is 1.73. The summed E-state index contributed by atoms with van der Waals surface area (Å²) in [6.45, 7) is 7.67. The minimum Gasteiger partial charge on any atom is -0.315 e. The predicted molar refractivity (Wildman–Crippen MR) is 76.2 cm³/mol. The summed E-state index contributed by atoms with van der Waals surface area (Å²) >= 11 is 1.59. The average molecular weight is 296 g/mol. The molecule has 0 aromatic carbocycles. The van der Waals surface area contributed by atoms with Gasteiger partial charge in [-0.05, 0) is 23.4 Å². The van der Waals surface area contributed by atoms with Gasteiger partial charge in [0, 0.05) is 13.1 Å². The van der Waals surface area contributed by atoms with Gasteiger partial charge in [0.05, 0.1) is 12.3 Å². The van der Waals surface area contributed by atoms with Crippen molar-refractivity contribution in [1.82, 2.24) is 40.3 Å². The number of likely N-dealkylation sites (N-methyl/N-ethyl adjacent to an activating group) is 1. The fourth-order valence-corrected chi connectivity index (χ4v) is 2.58. The fraction of sp³-hybridized carbons (Fsp3) is 0.727. The van der Waals surface area contributed by atoms with Crippen LogP contribution in [-0.4, -0.2) is 48.1 Å². The molecule has 2 aromatic heterocycles. The Hall–Kier alpha value is -1.48. The summed E-state index contributed by atoms with van der Waals surface area (Å²) in [4.78, 5) is 4.28. The van der Waals surface area contributed by atoms with Crippen LogP contribution < -0.4 is 5.32 Å². The van der Waals surface area contributed by atoms with E-state index >= 15 is 0 Å². The van der Waals surface area contributed by atoms with Crippen LogP contribution in [0.15, 0.2) is 11.5 Å². The molecule has 0 saturated carbocycles. The molecule has 0 aliphatic carbocycles. The highest BCUT2D eigenvalue weighted by Gasteiger charge is 2.10. The van der Waals surface area contributed by atoms with Crippen molar-refractivity contribution >= 4 is 11.8 Å². The molecule has 0 atom stereocenters. The molecule has 0 saturated heterocycles. The lowest BCUT2D eigenvalue weighted by Crippen LogP contribution is -2.20. The number of rotatable bonds is 9. The van der Waals surface area contributed by atoms with E-state index in [0.29, 0.717) is 0 Å². The van der Waals surface area contributed by atoms with Crippen LogP contribution in [-0.2, 0) is 18.8 Å². The minimum atomic E-state index is 0.724. The van der Waals surface area contributed by atoms with Crippen LogP contribution in [0.2, 0.25) is 0 Å². The van der Waals surface area contributed by atoms with E-state index in [0.717, 1.165) is 49.3 Å². The molecule has 0 amide bonds. The summed E-state index contributed by atoms with van der Waals surface area (Å²) in [6.07, 6.45) is 2.64. The zero-order chi connectivity index (χ0) is 14.2. The van der Waals surface area contributed by atoms with Crippen molar-refractivity contribution in [1.29, 1.82) is 0 Å². The first-order valence-corrected chi connectivity index (χ1v) is 7.80. The summed E-state index contributed by atoms with van der Waals surface area (Å²) in [7, 11) is 0. The molecule has 0 aliphatic rings. The molecule has 110 valence electrons.